The quantitative estimate of drug-likeness (QED) is 0.759. The summed E-state index contributed by atoms with van der Waals surface area (Å²) in [5, 5.41) is 0. The van der Waals surface area contributed by atoms with E-state index in [0.29, 0.717) is 39.4 Å². The largest absolute Gasteiger partial charge is 0.381 e. The standard InChI is InChI=1S/C21H30N4O3/c1-22(2)16-19(26)23-10-11-24-18(15-23)20(27)25(14-17-6-4-3-5-7-17)21(24)8-12-28-13-9-21/h3-7,18H,8-16H2,1-2H3/t18-/m1/s1. The third-order valence-corrected chi connectivity index (χ3v) is 6.25. The Balaban J connectivity index is 1.59. The minimum Gasteiger partial charge on any atom is -0.381 e. The molecule has 2 amide bonds. The predicted molar refractivity (Wildman–Crippen MR) is 105 cm³/mol. The molecule has 3 aliphatic heterocycles. The molecule has 0 radical (unpaired) electrons. The van der Waals surface area contributed by atoms with E-state index in [1.807, 2.05) is 42.1 Å². The number of carbonyl (C=O) groups excluding carboxylic acids is 2. The van der Waals surface area contributed by atoms with E-state index >= 15 is 0 Å². The van der Waals surface area contributed by atoms with Crippen LogP contribution in [0.2, 0.25) is 0 Å². The number of ether oxygens (including phenoxy) is 1. The Bertz CT molecular complexity index is 718. The number of likely N-dealkylation sites (N-methyl/N-ethyl adjacent to an activating group) is 1. The molecule has 7 nitrogen and oxygen atoms in total. The molecule has 0 saturated carbocycles. The smallest absolute Gasteiger partial charge is 0.243 e. The first-order valence-corrected chi connectivity index (χ1v) is 10.1. The molecule has 4 rings (SSSR count). The highest BCUT2D eigenvalue weighted by atomic mass is 16.5. The van der Waals surface area contributed by atoms with E-state index in [4.69, 9.17) is 4.74 Å². The van der Waals surface area contributed by atoms with Crippen LogP contribution in [-0.4, -0.2) is 96.6 Å². The zero-order valence-electron chi connectivity index (χ0n) is 16.8. The molecule has 0 aromatic heterocycles. The SMILES string of the molecule is CN(C)CC(=O)N1CCN2[C@H](C1)C(=O)N(Cc1ccccc1)C21CCOCC1. The molecule has 3 aliphatic rings. The van der Waals surface area contributed by atoms with Crippen LogP contribution in [0.25, 0.3) is 0 Å². The van der Waals surface area contributed by atoms with Gasteiger partial charge in [0.1, 0.15) is 11.7 Å². The summed E-state index contributed by atoms with van der Waals surface area (Å²) < 4.78 is 5.64. The third-order valence-electron chi connectivity index (χ3n) is 6.25. The van der Waals surface area contributed by atoms with Crippen LogP contribution in [0.1, 0.15) is 18.4 Å². The van der Waals surface area contributed by atoms with Gasteiger partial charge in [-0.1, -0.05) is 30.3 Å². The molecule has 7 heteroatoms. The van der Waals surface area contributed by atoms with Gasteiger partial charge in [-0.05, 0) is 19.7 Å². The van der Waals surface area contributed by atoms with Crippen molar-refractivity contribution in [3.05, 3.63) is 35.9 Å². The minimum atomic E-state index is -0.285. The fourth-order valence-corrected chi connectivity index (χ4v) is 4.88. The number of piperazine rings is 1. The fraction of sp³-hybridized carbons (Fsp3) is 0.619. The normalized spacial score (nSPS) is 24.8. The van der Waals surface area contributed by atoms with Gasteiger partial charge in [-0.25, -0.2) is 0 Å². The Hall–Kier alpha value is -1.96. The van der Waals surface area contributed by atoms with Crippen LogP contribution >= 0.6 is 0 Å². The molecule has 3 heterocycles. The predicted octanol–water partition coefficient (Wildman–Crippen LogP) is 0.610. The summed E-state index contributed by atoms with van der Waals surface area (Å²) in [7, 11) is 3.79. The topological polar surface area (TPSA) is 56.3 Å². The zero-order chi connectivity index (χ0) is 19.7. The molecule has 3 fully saturated rings. The van der Waals surface area contributed by atoms with Gasteiger partial charge in [-0.15, -0.1) is 0 Å². The van der Waals surface area contributed by atoms with E-state index < -0.39 is 0 Å². The summed E-state index contributed by atoms with van der Waals surface area (Å²) in [6.07, 6.45) is 1.65. The van der Waals surface area contributed by atoms with Gasteiger partial charge in [-0.3, -0.25) is 14.5 Å². The van der Waals surface area contributed by atoms with Crippen molar-refractivity contribution < 1.29 is 14.3 Å². The average molecular weight is 386 g/mol. The maximum atomic E-state index is 13.5. The van der Waals surface area contributed by atoms with Gasteiger partial charge < -0.3 is 19.4 Å². The third kappa shape index (κ3) is 3.43. The van der Waals surface area contributed by atoms with Crippen molar-refractivity contribution in [2.75, 3.05) is 53.5 Å². The molecule has 0 N–H and O–H groups in total. The van der Waals surface area contributed by atoms with Gasteiger partial charge in [-0.2, -0.15) is 0 Å². The number of rotatable bonds is 4. The summed E-state index contributed by atoms with van der Waals surface area (Å²) in [4.78, 5) is 34.2. The maximum absolute atomic E-state index is 13.5. The van der Waals surface area contributed by atoms with Crippen LogP contribution in [0.3, 0.4) is 0 Å². The highest BCUT2D eigenvalue weighted by Crippen LogP contribution is 2.42. The van der Waals surface area contributed by atoms with E-state index in [-0.39, 0.29) is 23.5 Å². The Morgan fingerprint density at radius 1 is 1.18 bits per heavy atom. The fourth-order valence-electron chi connectivity index (χ4n) is 4.88. The van der Waals surface area contributed by atoms with Gasteiger partial charge in [0, 0.05) is 39.0 Å². The van der Waals surface area contributed by atoms with Gasteiger partial charge in [0.25, 0.3) is 0 Å². The molecule has 1 spiro atoms. The van der Waals surface area contributed by atoms with Crippen LogP contribution in [0.5, 0.6) is 0 Å². The molecule has 1 atom stereocenters. The van der Waals surface area contributed by atoms with E-state index in [1.54, 1.807) is 0 Å². The van der Waals surface area contributed by atoms with Crippen molar-refractivity contribution in [1.82, 2.24) is 19.6 Å². The molecular weight excluding hydrogens is 356 g/mol. The highest BCUT2D eigenvalue weighted by molar-refractivity contribution is 5.87. The van der Waals surface area contributed by atoms with Crippen LogP contribution < -0.4 is 0 Å². The number of benzene rings is 1. The number of hydrogen-bond donors (Lipinski definition) is 0. The monoisotopic (exact) mass is 386 g/mol. The molecular formula is C21H30N4O3. The van der Waals surface area contributed by atoms with Crippen molar-refractivity contribution in [3.8, 4) is 0 Å². The first kappa shape index (κ1) is 19.4. The number of nitrogens with zero attached hydrogens (tertiary/aromatic N) is 4. The number of carbonyl (C=O) groups is 2. The zero-order valence-corrected chi connectivity index (χ0v) is 16.8. The molecule has 0 aliphatic carbocycles. The molecule has 0 bridgehead atoms. The van der Waals surface area contributed by atoms with Crippen molar-refractivity contribution in [3.63, 3.8) is 0 Å². The van der Waals surface area contributed by atoms with Crippen molar-refractivity contribution in [2.45, 2.75) is 31.1 Å². The van der Waals surface area contributed by atoms with Crippen LogP contribution in [0, 0.1) is 0 Å². The summed E-state index contributed by atoms with van der Waals surface area (Å²) in [5.41, 5.74) is 0.856. The van der Waals surface area contributed by atoms with Crippen LogP contribution in [-0.2, 0) is 20.9 Å². The minimum absolute atomic E-state index is 0.0972. The van der Waals surface area contributed by atoms with Crippen molar-refractivity contribution in [1.29, 1.82) is 0 Å². The second-order valence-electron chi connectivity index (χ2n) is 8.29. The lowest BCUT2D eigenvalue weighted by atomic mass is 9.96. The average Bonchev–Trinajstić information content (AvgIpc) is 2.91. The molecule has 1 aromatic rings. The first-order chi connectivity index (χ1) is 13.5. The van der Waals surface area contributed by atoms with Crippen LogP contribution in [0.15, 0.2) is 30.3 Å². The number of fused-ring (bicyclic) bond motifs is 2. The Morgan fingerprint density at radius 2 is 1.89 bits per heavy atom. The lowest BCUT2D eigenvalue weighted by Gasteiger charge is -2.49. The summed E-state index contributed by atoms with van der Waals surface area (Å²) in [5.74, 6) is 0.244. The molecule has 152 valence electrons. The molecule has 0 unspecified atom stereocenters. The van der Waals surface area contributed by atoms with E-state index in [1.165, 1.54) is 0 Å². The lowest BCUT2D eigenvalue weighted by Crippen LogP contribution is -2.62. The lowest BCUT2D eigenvalue weighted by molar-refractivity contribution is -0.138. The molecule has 3 saturated heterocycles. The number of amides is 2. The first-order valence-electron chi connectivity index (χ1n) is 10.1. The molecule has 1 aromatic carbocycles. The second-order valence-corrected chi connectivity index (χ2v) is 8.29. The summed E-state index contributed by atoms with van der Waals surface area (Å²) in [6, 6.07) is 9.93. The Kier molecular flexibility index (Phi) is 5.40. The number of hydrogen-bond acceptors (Lipinski definition) is 5. The van der Waals surface area contributed by atoms with Gasteiger partial charge in [0.15, 0.2) is 0 Å². The van der Waals surface area contributed by atoms with Gasteiger partial charge >= 0.3 is 0 Å². The van der Waals surface area contributed by atoms with Crippen molar-refractivity contribution in [2.24, 2.45) is 0 Å². The van der Waals surface area contributed by atoms with Crippen LogP contribution in [0.4, 0.5) is 0 Å². The second kappa shape index (κ2) is 7.81. The summed E-state index contributed by atoms with van der Waals surface area (Å²) in [6.45, 7) is 4.24. The molecule has 28 heavy (non-hydrogen) atoms. The van der Waals surface area contributed by atoms with Gasteiger partial charge in [0.2, 0.25) is 11.8 Å². The van der Waals surface area contributed by atoms with E-state index in [9.17, 15) is 9.59 Å². The maximum Gasteiger partial charge on any atom is 0.243 e. The van der Waals surface area contributed by atoms with E-state index in [0.717, 1.165) is 24.9 Å². The highest BCUT2D eigenvalue weighted by Gasteiger charge is 2.58. The van der Waals surface area contributed by atoms with Gasteiger partial charge in [0.05, 0.1) is 19.8 Å². The Morgan fingerprint density at radius 3 is 2.57 bits per heavy atom. The van der Waals surface area contributed by atoms with E-state index in [2.05, 4.69) is 21.9 Å². The Labute approximate surface area is 166 Å². The van der Waals surface area contributed by atoms with Crippen molar-refractivity contribution >= 4 is 11.8 Å². The summed E-state index contributed by atoms with van der Waals surface area (Å²) >= 11 is 0.